The molecule has 33 heavy (non-hydrogen) atoms. The summed E-state index contributed by atoms with van der Waals surface area (Å²) in [7, 11) is -2.43. The molecule has 0 heterocycles. The Bertz CT molecular complexity index is 1030. The Morgan fingerprint density at radius 1 is 0.636 bits per heavy atom. The average Bonchev–Trinajstić information content (AvgIpc) is 3.02. The van der Waals surface area contributed by atoms with Gasteiger partial charge < -0.3 is 37.2 Å². The van der Waals surface area contributed by atoms with Crippen LogP contribution in [-0.2, 0) is 21.7 Å². The van der Waals surface area contributed by atoms with Gasteiger partial charge in [0.15, 0.2) is 0 Å². The predicted molar refractivity (Wildman–Crippen MR) is 128 cm³/mol. The summed E-state index contributed by atoms with van der Waals surface area (Å²) in [4.78, 5) is 0. The summed E-state index contributed by atoms with van der Waals surface area (Å²) in [5, 5.41) is 5.96. The molecule has 1 atom stereocenters. The van der Waals surface area contributed by atoms with Crippen molar-refractivity contribution in [2.24, 2.45) is 5.92 Å². The zero-order chi connectivity index (χ0) is 20.6. The fourth-order valence-corrected chi connectivity index (χ4v) is 10.7. The number of allylic oxidation sites excluding steroid dienone is 4. The van der Waals surface area contributed by atoms with Crippen LogP contribution in [0.2, 0.25) is 0 Å². The summed E-state index contributed by atoms with van der Waals surface area (Å²) in [6.45, 7) is 11.2. The predicted octanol–water partition coefficient (Wildman–Crippen LogP) is -4.04. The van der Waals surface area contributed by atoms with Crippen molar-refractivity contribution in [1.29, 1.82) is 0 Å². The van der Waals surface area contributed by atoms with Crippen LogP contribution < -0.4 is 52.8 Å². The van der Waals surface area contributed by atoms with Crippen LogP contribution in [0.15, 0.2) is 89.6 Å². The molecule has 0 radical (unpaired) electrons. The molecule has 0 fully saturated rings. The second-order valence-corrected chi connectivity index (χ2v) is 12.3. The second-order valence-electron chi connectivity index (χ2n) is 8.50. The molecule has 0 amide bonds. The SMILES string of the molecule is CC1=C([Si](c2cccc(C)c2)(c2cccc(C)c2)c2cccc(C)c2)C(C)C=[C-]1.[Cl-].[Cl-].[Cl-].[Ti+4]. The number of rotatable bonds is 4. The van der Waals surface area contributed by atoms with Gasteiger partial charge in [-0.2, -0.15) is 11.3 Å². The van der Waals surface area contributed by atoms with Crippen molar-refractivity contribution in [1.82, 2.24) is 0 Å². The van der Waals surface area contributed by atoms with Crippen LogP contribution in [0.25, 0.3) is 0 Å². The molecular formula is C28H29Cl3SiTi. The molecule has 1 aliphatic carbocycles. The van der Waals surface area contributed by atoms with Crippen molar-refractivity contribution in [2.75, 3.05) is 0 Å². The average molecular weight is 548 g/mol. The standard InChI is InChI=1S/C28H29Si.3ClH.Ti/c1-20-9-6-12-25(17-20)29(26-13-7-10-21(2)18-26,27-14-8-11-22(3)19-27)28-23(4)15-16-24(28)5;;;;/h6-15,17-19,23H,1-5H3;3*1H;/q-1;;;;+4/p-3. The summed E-state index contributed by atoms with van der Waals surface area (Å²) < 4.78 is 0. The molecule has 0 saturated carbocycles. The molecule has 3 aromatic rings. The molecule has 0 N–H and O–H groups in total. The molecule has 1 aliphatic rings. The molecule has 4 rings (SSSR count). The van der Waals surface area contributed by atoms with Crippen molar-refractivity contribution in [3.63, 3.8) is 0 Å². The molecule has 170 valence electrons. The topological polar surface area (TPSA) is 0 Å². The Kier molecular flexibility index (Phi) is 12.7. The molecule has 0 bridgehead atoms. The smallest absolute Gasteiger partial charge is 1.00 e. The molecule has 3 aromatic carbocycles. The Balaban J connectivity index is 0.00000256. The van der Waals surface area contributed by atoms with E-state index in [-0.39, 0.29) is 58.9 Å². The molecule has 0 nitrogen and oxygen atoms in total. The number of hydrogen-bond donors (Lipinski definition) is 0. The summed E-state index contributed by atoms with van der Waals surface area (Å²) in [5.74, 6) is 0.392. The third-order valence-electron chi connectivity index (χ3n) is 6.17. The Hall–Kier alpha value is -1.06. The number of benzene rings is 3. The first-order valence-electron chi connectivity index (χ1n) is 10.5. The number of aryl methyl sites for hydroxylation is 3. The van der Waals surface area contributed by atoms with E-state index < -0.39 is 8.07 Å². The number of halogens is 3. The zero-order valence-corrected chi connectivity index (χ0v) is 24.5. The minimum Gasteiger partial charge on any atom is -1.00 e. The van der Waals surface area contributed by atoms with E-state index >= 15 is 0 Å². The van der Waals surface area contributed by atoms with E-state index in [9.17, 15) is 0 Å². The van der Waals surface area contributed by atoms with E-state index in [1.807, 2.05) is 0 Å². The zero-order valence-electron chi connectivity index (χ0n) is 19.7. The molecule has 0 spiro atoms. The molecule has 0 aliphatic heterocycles. The van der Waals surface area contributed by atoms with Gasteiger partial charge in [-0.15, -0.1) is 0 Å². The first-order chi connectivity index (χ1) is 13.9. The van der Waals surface area contributed by atoms with Crippen molar-refractivity contribution in [2.45, 2.75) is 34.6 Å². The normalized spacial score (nSPS) is 14.5. The van der Waals surface area contributed by atoms with Crippen LogP contribution in [0.4, 0.5) is 0 Å². The van der Waals surface area contributed by atoms with Gasteiger partial charge >= 0.3 is 21.7 Å². The van der Waals surface area contributed by atoms with Crippen LogP contribution in [-0.4, -0.2) is 8.07 Å². The number of hydrogen-bond acceptors (Lipinski definition) is 0. The van der Waals surface area contributed by atoms with Crippen LogP contribution >= 0.6 is 0 Å². The van der Waals surface area contributed by atoms with Crippen molar-refractivity contribution < 1.29 is 58.9 Å². The Morgan fingerprint density at radius 2 is 1.00 bits per heavy atom. The van der Waals surface area contributed by atoms with Crippen molar-refractivity contribution in [3.05, 3.63) is 112 Å². The Labute approximate surface area is 234 Å². The fraction of sp³-hybridized carbons (Fsp3) is 0.214. The van der Waals surface area contributed by atoms with Crippen LogP contribution in [0.5, 0.6) is 0 Å². The maximum Gasteiger partial charge on any atom is 4.00 e. The van der Waals surface area contributed by atoms with Gasteiger partial charge in [-0.25, -0.2) is 5.57 Å². The van der Waals surface area contributed by atoms with Gasteiger partial charge in [-0.3, -0.25) is 6.08 Å². The first kappa shape index (κ1) is 31.9. The Morgan fingerprint density at radius 3 is 1.27 bits per heavy atom. The van der Waals surface area contributed by atoms with E-state index in [1.54, 1.807) is 5.20 Å². The van der Waals surface area contributed by atoms with Crippen molar-refractivity contribution in [3.8, 4) is 0 Å². The van der Waals surface area contributed by atoms with Crippen LogP contribution in [0.3, 0.4) is 0 Å². The second kappa shape index (κ2) is 13.1. The third kappa shape index (κ3) is 5.96. The van der Waals surface area contributed by atoms with Gasteiger partial charge in [-0.1, -0.05) is 125 Å². The van der Waals surface area contributed by atoms with Crippen molar-refractivity contribution >= 4 is 23.6 Å². The molecule has 0 aromatic heterocycles. The van der Waals surface area contributed by atoms with E-state index in [0.29, 0.717) is 5.92 Å². The van der Waals surface area contributed by atoms with Gasteiger partial charge in [0.25, 0.3) is 0 Å². The van der Waals surface area contributed by atoms with E-state index in [1.165, 1.54) is 37.8 Å². The summed E-state index contributed by atoms with van der Waals surface area (Å²) in [6.07, 6.45) is 5.82. The maximum atomic E-state index is 3.57. The van der Waals surface area contributed by atoms with Gasteiger partial charge in [0, 0.05) is 0 Å². The van der Waals surface area contributed by atoms with Crippen LogP contribution in [0, 0.1) is 32.8 Å². The third-order valence-corrected chi connectivity index (χ3v) is 11.3. The minimum absolute atomic E-state index is 0. The van der Waals surface area contributed by atoms with E-state index in [0.717, 1.165) is 0 Å². The van der Waals surface area contributed by atoms with E-state index in [4.69, 9.17) is 0 Å². The van der Waals surface area contributed by atoms with Crippen LogP contribution in [0.1, 0.15) is 30.5 Å². The molecule has 1 unspecified atom stereocenters. The van der Waals surface area contributed by atoms with Gasteiger partial charge in [-0.05, 0) is 20.8 Å². The summed E-state index contributed by atoms with van der Waals surface area (Å²) in [5.41, 5.74) is 5.27. The largest absolute Gasteiger partial charge is 4.00 e. The molecular weight excluding hydrogens is 519 g/mol. The molecule has 0 saturated heterocycles. The maximum absolute atomic E-state index is 3.57. The first-order valence-corrected chi connectivity index (χ1v) is 12.5. The van der Waals surface area contributed by atoms with Gasteiger partial charge in [0.05, 0.1) is 8.07 Å². The summed E-state index contributed by atoms with van der Waals surface area (Å²) >= 11 is 0. The fourth-order valence-electron chi connectivity index (χ4n) is 4.98. The van der Waals surface area contributed by atoms with Gasteiger partial charge in [0.2, 0.25) is 0 Å². The van der Waals surface area contributed by atoms with Gasteiger partial charge in [0.1, 0.15) is 0 Å². The summed E-state index contributed by atoms with van der Waals surface area (Å²) in [6, 6.07) is 27.6. The monoisotopic (exact) mass is 546 g/mol. The van der Waals surface area contributed by atoms with E-state index in [2.05, 4.69) is 120 Å². The quantitative estimate of drug-likeness (QED) is 0.177. The minimum atomic E-state index is -2.43. The molecule has 5 heteroatoms.